The van der Waals surface area contributed by atoms with E-state index in [-0.39, 0.29) is 0 Å². The first-order chi connectivity index (χ1) is 8.63. The minimum atomic E-state index is -0.431. The number of hydrogen-bond acceptors (Lipinski definition) is 3. The maximum absolute atomic E-state index is 6.20. The molecule has 0 spiro atoms. The van der Waals surface area contributed by atoms with Gasteiger partial charge >= 0.3 is 0 Å². The lowest BCUT2D eigenvalue weighted by Crippen LogP contribution is -2.14. The molecule has 0 aliphatic heterocycles. The molecule has 0 aliphatic carbocycles. The van der Waals surface area contributed by atoms with Gasteiger partial charge in [0.05, 0.1) is 13.2 Å². The van der Waals surface area contributed by atoms with E-state index in [0.717, 1.165) is 11.1 Å². The van der Waals surface area contributed by atoms with Gasteiger partial charge in [0.1, 0.15) is 0 Å². The lowest BCUT2D eigenvalue weighted by atomic mass is 10.0. The number of methoxy groups -OCH3 is 1. The lowest BCUT2D eigenvalue weighted by Gasteiger charge is -2.16. The van der Waals surface area contributed by atoms with Crippen LogP contribution in [-0.2, 0) is 0 Å². The molecule has 5 heteroatoms. The minimum absolute atomic E-state index is 0.431. The molecule has 0 saturated carbocycles. The van der Waals surface area contributed by atoms with Gasteiger partial charge in [0.2, 0.25) is 5.88 Å². The number of rotatable bonds is 3. The Bertz CT molecular complexity index is 560. The van der Waals surface area contributed by atoms with Gasteiger partial charge in [0, 0.05) is 21.8 Å². The van der Waals surface area contributed by atoms with Gasteiger partial charge in [0.15, 0.2) is 0 Å². The Morgan fingerprint density at radius 1 is 1.22 bits per heavy atom. The van der Waals surface area contributed by atoms with Crippen molar-refractivity contribution < 1.29 is 4.74 Å². The highest BCUT2D eigenvalue weighted by Crippen LogP contribution is 2.32. The molecule has 2 N–H and O–H groups in total. The van der Waals surface area contributed by atoms with Gasteiger partial charge in [-0.2, -0.15) is 0 Å². The van der Waals surface area contributed by atoms with Gasteiger partial charge in [-0.05, 0) is 29.8 Å². The van der Waals surface area contributed by atoms with Crippen molar-refractivity contribution in [3.63, 3.8) is 0 Å². The van der Waals surface area contributed by atoms with Crippen molar-refractivity contribution in [2.45, 2.75) is 6.04 Å². The zero-order chi connectivity index (χ0) is 13.1. The molecule has 0 bridgehead atoms. The van der Waals surface area contributed by atoms with Crippen LogP contribution in [0.3, 0.4) is 0 Å². The van der Waals surface area contributed by atoms with Gasteiger partial charge in [-0.15, -0.1) is 0 Å². The second kappa shape index (κ2) is 5.57. The van der Waals surface area contributed by atoms with Crippen LogP contribution in [-0.4, -0.2) is 12.1 Å². The summed E-state index contributed by atoms with van der Waals surface area (Å²) in [5.41, 5.74) is 7.71. The van der Waals surface area contributed by atoms with Crippen molar-refractivity contribution >= 4 is 23.2 Å². The fourth-order valence-electron chi connectivity index (χ4n) is 1.73. The summed E-state index contributed by atoms with van der Waals surface area (Å²) in [7, 11) is 1.55. The minimum Gasteiger partial charge on any atom is -0.481 e. The Balaban J connectivity index is 2.47. The van der Waals surface area contributed by atoms with Crippen molar-refractivity contribution in [2.75, 3.05) is 7.11 Å². The molecule has 1 heterocycles. The average molecular weight is 283 g/mol. The van der Waals surface area contributed by atoms with E-state index in [4.69, 9.17) is 33.7 Å². The summed E-state index contributed by atoms with van der Waals surface area (Å²) in [6.45, 7) is 0. The van der Waals surface area contributed by atoms with Crippen LogP contribution in [0.4, 0.5) is 0 Å². The van der Waals surface area contributed by atoms with Crippen LogP contribution in [0.25, 0.3) is 0 Å². The van der Waals surface area contributed by atoms with Crippen LogP contribution in [0, 0.1) is 0 Å². The van der Waals surface area contributed by atoms with E-state index >= 15 is 0 Å². The molecule has 3 nitrogen and oxygen atoms in total. The molecule has 0 radical (unpaired) electrons. The predicted molar refractivity (Wildman–Crippen MR) is 73.3 cm³/mol. The first-order valence-electron chi connectivity index (χ1n) is 5.33. The fourth-order valence-corrected chi connectivity index (χ4v) is 2.15. The van der Waals surface area contributed by atoms with Crippen LogP contribution in [0.2, 0.25) is 10.0 Å². The lowest BCUT2D eigenvalue weighted by molar-refractivity contribution is 0.390. The molecule has 18 heavy (non-hydrogen) atoms. The van der Waals surface area contributed by atoms with Crippen LogP contribution >= 0.6 is 23.2 Å². The van der Waals surface area contributed by atoms with Gasteiger partial charge < -0.3 is 10.5 Å². The van der Waals surface area contributed by atoms with Gasteiger partial charge in [0.25, 0.3) is 0 Å². The monoisotopic (exact) mass is 282 g/mol. The number of benzene rings is 1. The first kappa shape index (κ1) is 13.1. The van der Waals surface area contributed by atoms with Gasteiger partial charge in [-0.1, -0.05) is 29.3 Å². The van der Waals surface area contributed by atoms with Crippen molar-refractivity contribution in [3.8, 4) is 5.88 Å². The van der Waals surface area contributed by atoms with Crippen LogP contribution in [0.5, 0.6) is 5.88 Å². The standard InChI is InChI=1S/C13H12Cl2N2O/c1-18-13-9(3-2-6-17-13)12(16)10-7-8(14)4-5-11(10)15/h2-7,12H,16H2,1H3. The summed E-state index contributed by atoms with van der Waals surface area (Å²) in [4.78, 5) is 4.12. The molecule has 1 unspecified atom stereocenters. The molecule has 2 rings (SSSR count). The summed E-state index contributed by atoms with van der Waals surface area (Å²) in [5, 5.41) is 1.16. The van der Waals surface area contributed by atoms with Crippen molar-refractivity contribution in [2.24, 2.45) is 5.73 Å². The van der Waals surface area contributed by atoms with E-state index in [1.165, 1.54) is 0 Å². The summed E-state index contributed by atoms with van der Waals surface area (Å²) in [6, 6.07) is 8.42. The van der Waals surface area contributed by atoms with E-state index in [1.54, 1.807) is 37.6 Å². The summed E-state index contributed by atoms with van der Waals surface area (Å²) in [6.07, 6.45) is 1.65. The summed E-state index contributed by atoms with van der Waals surface area (Å²) in [5.74, 6) is 0.487. The quantitative estimate of drug-likeness (QED) is 0.938. The average Bonchev–Trinajstić information content (AvgIpc) is 2.40. The summed E-state index contributed by atoms with van der Waals surface area (Å²) >= 11 is 12.1. The van der Waals surface area contributed by atoms with Gasteiger partial charge in [-0.25, -0.2) is 4.98 Å². The molecule has 0 saturated heterocycles. The Hall–Kier alpha value is -1.29. The number of aromatic nitrogens is 1. The van der Waals surface area contributed by atoms with Crippen molar-refractivity contribution in [1.29, 1.82) is 0 Å². The Morgan fingerprint density at radius 3 is 2.72 bits per heavy atom. The highest BCUT2D eigenvalue weighted by atomic mass is 35.5. The Kier molecular flexibility index (Phi) is 4.07. The third kappa shape index (κ3) is 2.58. The number of hydrogen-bond donors (Lipinski definition) is 1. The molecule has 94 valence electrons. The highest BCUT2D eigenvalue weighted by molar-refractivity contribution is 6.33. The fraction of sp³-hybridized carbons (Fsp3) is 0.154. The van der Waals surface area contributed by atoms with Crippen molar-refractivity contribution in [1.82, 2.24) is 4.98 Å². The maximum Gasteiger partial charge on any atom is 0.218 e. The summed E-state index contributed by atoms with van der Waals surface area (Å²) < 4.78 is 5.19. The SMILES string of the molecule is COc1ncccc1C(N)c1cc(Cl)ccc1Cl. The first-order valence-corrected chi connectivity index (χ1v) is 6.08. The number of ether oxygens (including phenoxy) is 1. The van der Waals surface area contributed by atoms with E-state index in [1.807, 2.05) is 6.07 Å². The molecule has 0 fully saturated rings. The zero-order valence-electron chi connectivity index (χ0n) is 9.73. The number of pyridine rings is 1. The molecular formula is C13H12Cl2N2O. The Labute approximate surface area is 115 Å². The zero-order valence-corrected chi connectivity index (χ0v) is 11.2. The largest absolute Gasteiger partial charge is 0.481 e. The predicted octanol–water partition coefficient (Wildman–Crippen LogP) is 3.45. The normalized spacial score (nSPS) is 12.2. The molecule has 0 aliphatic rings. The molecule has 1 aromatic heterocycles. The van der Waals surface area contributed by atoms with Crippen LogP contribution in [0.15, 0.2) is 36.5 Å². The topological polar surface area (TPSA) is 48.1 Å². The van der Waals surface area contributed by atoms with Crippen LogP contribution < -0.4 is 10.5 Å². The number of nitrogens with two attached hydrogens (primary N) is 1. The molecular weight excluding hydrogens is 271 g/mol. The van der Waals surface area contributed by atoms with E-state index < -0.39 is 6.04 Å². The number of nitrogens with zero attached hydrogens (tertiary/aromatic N) is 1. The smallest absolute Gasteiger partial charge is 0.218 e. The Morgan fingerprint density at radius 2 is 2.00 bits per heavy atom. The van der Waals surface area contributed by atoms with Crippen LogP contribution in [0.1, 0.15) is 17.2 Å². The molecule has 2 aromatic rings. The maximum atomic E-state index is 6.20. The third-order valence-electron chi connectivity index (χ3n) is 2.62. The molecule has 0 amide bonds. The molecule has 1 atom stereocenters. The van der Waals surface area contributed by atoms with E-state index in [2.05, 4.69) is 4.98 Å². The second-order valence-electron chi connectivity index (χ2n) is 3.75. The van der Waals surface area contributed by atoms with E-state index in [9.17, 15) is 0 Å². The van der Waals surface area contributed by atoms with Gasteiger partial charge in [-0.3, -0.25) is 0 Å². The number of halogens is 2. The van der Waals surface area contributed by atoms with E-state index in [0.29, 0.717) is 15.9 Å². The molecule has 1 aromatic carbocycles. The van der Waals surface area contributed by atoms with Crippen molar-refractivity contribution in [3.05, 3.63) is 57.7 Å². The highest BCUT2D eigenvalue weighted by Gasteiger charge is 2.17. The second-order valence-corrected chi connectivity index (χ2v) is 4.59. The third-order valence-corrected chi connectivity index (χ3v) is 3.20.